The zero-order chi connectivity index (χ0) is 11.9. The quantitative estimate of drug-likeness (QED) is 0.767. The van der Waals surface area contributed by atoms with Crippen molar-refractivity contribution >= 4 is 9.73 Å². The van der Waals surface area contributed by atoms with Gasteiger partial charge < -0.3 is 10.8 Å². The maximum Gasteiger partial charge on any atom is 0.0715 e. The average Bonchev–Trinajstić information content (AvgIpc) is 2.28. The summed E-state index contributed by atoms with van der Waals surface area (Å²) in [6.07, 6.45) is 0. The van der Waals surface area contributed by atoms with Crippen LogP contribution in [0.25, 0.3) is 0 Å². The number of hydrogen-bond acceptors (Lipinski definition) is 4. The summed E-state index contributed by atoms with van der Waals surface area (Å²) >= 11 is 0. The van der Waals surface area contributed by atoms with Crippen LogP contribution < -0.4 is 5.73 Å². The lowest BCUT2D eigenvalue weighted by molar-refractivity contribution is 0.307. The number of aliphatic hydroxyl groups excluding tert-OH is 1. The van der Waals surface area contributed by atoms with Gasteiger partial charge >= 0.3 is 0 Å². The van der Waals surface area contributed by atoms with Gasteiger partial charge in [-0.3, -0.25) is 0 Å². The largest absolute Gasteiger partial charge is 0.394 e. The van der Waals surface area contributed by atoms with Crippen LogP contribution in [-0.2, 0) is 15.5 Å². The minimum atomic E-state index is -2.31. The molecule has 16 heavy (non-hydrogen) atoms. The van der Waals surface area contributed by atoms with E-state index in [-0.39, 0.29) is 13.2 Å². The molecule has 0 aliphatic rings. The summed E-state index contributed by atoms with van der Waals surface area (Å²) in [5.74, 6) is 0.785. The van der Waals surface area contributed by atoms with E-state index in [2.05, 4.69) is 4.36 Å². The van der Waals surface area contributed by atoms with Gasteiger partial charge in [0.1, 0.15) is 0 Å². The Morgan fingerprint density at radius 2 is 2.00 bits per heavy atom. The standard InChI is InChI=1S/C11H18N2O2S/c12-6-9-16(15,13-7-8-14)10-11-4-2-1-3-5-11/h1-5,14H,6-10,12H2. The van der Waals surface area contributed by atoms with Crippen LogP contribution in [0.1, 0.15) is 5.56 Å². The molecule has 1 unspecified atom stereocenters. The van der Waals surface area contributed by atoms with Crippen LogP contribution in [0.5, 0.6) is 0 Å². The molecule has 0 bridgehead atoms. The molecule has 1 aromatic carbocycles. The Balaban J connectivity index is 2.83. The highest BCUT2D eigenvalue weighted by atomic mass is 32.2. The molecular formula is C11H18N2O2S. The van der Waals surface area contributed by atoms with Gasteiger partial charge in [0.2, 0.25) is 0 Å². The van der Waals surface area contributed by atoms with Crippen molar-refractivity contribution in [3.05, 3.63) is 35.9 Å². The van der Waals surface area contributed by atoms with Crippen LogP contribution in [0, 0.1) is 0 Å². The second kappa shape index (κ2) is 6.62. The summed E-state index contributed by atoms with van der Waals surface area (Å²) in [5, 5.41) is 8.71. The summed E-state index contributed by atoms with van der Waals surface area (Å²) < 4.78 is 16.4. The van der Waals surface area contributed by atoms with Gasteiger partial charge in [-0.25, -0.2) is 8.57 Å². The Hall–Kier alpha value is -0.910. The highest BCUT2D eigenvalue weighted by Crippen LogP contribution is 2.08. The number of benzene rings is 1. The van der Waals surface area contributed by atoms with Crippen molar-refractivity contribution in [3.8, 4) is 0 Å². The van der Waals surface area contributed by atoms with E-state index in [1.165, 1.54) is 0 Å². The van der Waals surface area contributed by atoms with Crippen LogP contribution >= 0.6 is 0 Å². The first-order valence-corrected chi connectivity index (χ1v) is 7.08. The lowest BCUT2D eigenvalue weighted by Gasteiger charge is -2.09. The fourth-order valence-corrected chi connectivity index (χ4v) is 3.27. The van der Waals surface area contributed by atoms with E-state index in [1.54, 1.807) is 0 Å². The molecule has 0 heterocycles. The fourth-order valence-electron chi connectivity index (χ4n) is 1.41. The van der Waals surface area contributed by atoms with E-state index in [1.807, 2.05) is 30.3 Å². The van der Waals surface area contributed by atoms with E-state index >= 15 is 0 Å². The number of nitrogens with zero attached hydrogens (tertiary/aromatic N) is 1. The van der Waals surface area contributed by atoms with Crippen LogP contribution in [0.3, 0.4) is 0 Å². The Kier molecular flexibility index (Phi) is 5.45. The van der Waals surface area contributed by atoms with Gasteiger partial charge in [-0.05, 0) is 5.56 Å². The van der Waals surface area contributed by atoms with Crippen molar-refractivity contribution in [1.29, 1.82) is 0 Å². The molecule has 90 valence electrons. The first-order chi connectivity index (χ1) is 7.70. The first kappa shape index (κ1) is 13.2. The van der Waals surface area contributed by atoms with Crippen LogP contribution in [-0.4, -0.2) is 34.8 Å². The Morgan fingerprint density at radius 3 is 2.56 bits per heavy atom. The van der Waals surface area contributed by atoms with Crippen molar-refractivity contribution in [2.75, 3.05) is 25.4 Å². The third kappa shape index (κ3) is 4.30. The zero-order valence-electron chi connectivity index (χ0n) is 9.21. The highest BCUT2D eigenvalue weighted by Gasteiger charge is 2.08. The molecule has 0 spiro atoms. The Bertz CT molecular complexity index is 411. The number of nitrogens with two attached hydrogens (primary N) is 1. The molecule has 0 aliphatic heterocycles. The third-order valence-corrected chi connectivity index (χ3v) is 4.41. The molecule has 0 aromatic heterocycles. The summed E-state index contributed by atoms with van der Waals surface area (Å²) in [6.45, 7) is 0.489. The second-order valence-electron chi connectivity index (χ2n) is 3.47. The van der Waals surface area contributed by atoms with Gasteiger partial charge in [0, 0.05) is 12.3 Å². The van der Waals surface area contributed by atoms with Gasteiger partial charge in [0.15, 0.2) is 0 Å². The van der Waals surface area contributed by atoms with E-state index in [4.69, 9.17) is 10.8 Å². The SMILES string of the molecule is NCCS(=O)(Cc1ccccc1)=NCCO. The van der Waals surface area contributed by atoms with Gasteiger partial charge in [0.25, 0.3) is 0 Å². The van der Waals surface area contributed by atoms with Gasteiger partial charge in [-0.2, -0.15) is 0 Å². The summed E-state index contributed by atoms with van der Waals surface area (Å²) in [7, 11) is -2.31. The molecular weight excluding hydrogens is 224 g/mol. The maximum absolute atomic E-state index is 12.4. The fraction of sp³-hybridized carbons (Fsp3) is 0.455. The van der Waals surface area contributed by atoms with Crippen molar-refractivity contribution < 1.29 is 9.32 Å². The molecule has 5 heteroatoms. The first-order valence-electron chi connectivity index (χ1n) is 5.23. The van der Waals surface area contributed by atoms with E-state index in [0.29, 0.717) is 18.1 Å². The van der Waals surface area contributed by atoms with Gasteiger partial charge in [-0.15, -0.1) is 0 Å². The minimum absolute atomic E-state index is 0.0731. The molecule has 0 aliphatic carbocycles. The number of hydrogen-bond donors (Lipinski definition) is 2. The molecule has 4 nitrogen and oxygen atoms in total. The molecule has 0 saturated carbocycles. The van der Waals surface area contributed by atoms with Gasteiger partial charge in [0.05, 0.1) is 28.6 Å². The predicted octanol–water partition coefficient (Wildman–Crippen LogP) is 0.606. The zero-order valence-corrected chi connectivity index (χ0v) is 10.0. The number of rotatable bonds is 6. The predicted molar refractivity (Wildman–Crippen MR) is 66.6 cm³/mol. The molecule has 0 amide bonds. The average molecular weight is 242 g/mol. The van der Waals surface area contributed by atoms with Crippen LogP contribution in [0.15, 0.2) is 34.7 Å². The van der Waals surface area contributed by atoms with E-state index in [9.17, 15) is 4.21 Å². The smallest absolute Gasteiger partial charge is 0.0715 e. The second-order valence-corrected chi connectivity index (χ2v) is 5.97. The van der Waals surface area contributed by atoms with Crippen LogP contribution in [0.4, 0.5) is 0 Å². The summed E-state index contributed by atoms with van der Waals surface area (Å²) in [5.41, 5.74) is 6.43. The molecule has 1 atom stereocenters. The lowest BCUT2D eigenvalue weighted by atomic mass is 10.2. The Morgan fingerprint density at radius 1 is 1.31 bits per heavy atom. The van der Waals surface area contributed by atoms with Crippen molar-refractivity contribution in [3.63, 3.8) is 0 Å². The molecule has 0 fully saturated rings. The molecule has 1 aromatic rings. The monoisotopic (exact) mass is 242 g/mol. The highest BCUT2D eigenvalue weighted by molar-refractivity contribution is 7.92. The minimum Gasteiger partial charge on any atom is -0.394 e. The van der Waals surface area contributed by atoms with E-state index in [0.717, 1.165) is 5.56 Å². The molecule has 0 radical (unpaired) electrons. The summed E-state index contributed by atoms with van der Waals surface area (Å²) in [6, 6.07) is 9.57. The normalized spacial score (nSPS) is 14.4. The van der Waals surface area contributed by atoms with Crippen molar-refractivity contribution in [2.45, 2.75) is 5.75 Å². The van der Waals surface area contributed by atoms with Gasteiger partial charge in [-0.1, -0.05) is 30.3 Å². The van der Waals surface area contributed by atoms with E-state index < -0.39 is 9.73 Å². The molecule has 1 rings (SSSR count). The topological polar surface area (TPSA) is 75.7 Å². The number of aliphatic hydroxyl groups is 1. The summed E-state index contributed by atoms with van der Waals surface area (Å²) in [4.78, 5) is 0. The Labute approximate surface area is 96.7 Å². The molecule has 0 saturated heterocycles. The third-order valence-electron chi connectivity index (χ3n) is 2.10. The van der Waals surface area contributed by atoms with Crippen molar-refractivity contribution in [1.82, 2.24) is 0 Å². The van der Waals surface area contributed by atoms with Crippen LogP contribution in [0.2, 0.25) is 0 Å². The lowest BCUT2D eigenvalue weighted by Crippen LogP contribution is -2.18. The maximum atomic E-state index is 12.4. The van der Waals surface area contributed by atoms with Crippen molar-refractivity contribution in [2.24, 2.45) is 10.1 Å². The molecule has 3 N–H and O–H groups in total.